The van der Waals surface area contributed by atoms with Crippen LogP contribution in [0.1, 0.15) is 43.4 Å². The fourth-order valence-corrected chi connectivity index (χ4v) is 3.98. The van der Waals surface area contributed by atoms with Gasteiger partial charge in [0.25, 0.3) is 0 Å². The average molecular weight is 347 g/mol. The van der Waals surface area contributed by atoms with Crippen LogP contribution in [-0.2, 0) is 17.1 Å². The Bertz CT molecular complexity index is 858. The summed E-state index contributed by atoms with van der Waals surface area (Å²) in [5.74, 6) is -1.13. The first-order chi connectivity index (χ1) is 12.8. The minimum absolute atomic E-state index is 0.124. The van der Waals surface area contributed by atoms with Crippen LogP contribution in [0.4, 0.5) is 0 Å². The number of aromatic nitrogens is 1. The zero-order chi connectivity index (χ0) is 17.8. The summed E-state index contributed by atoms with van der Waals surface area (Å²) in [7, 11) is 0. The van der Waals surface area contributed by atoms with Crippen LogP contribution in [0.2, 0.25) is 0 Å². The van der Waals surface area contributed by atoms with E-state index in [0.29, 0.717) is 6.61 Å². The number of fused-ring (bicyclic) bond motifs is 1. The van der Waals surface area contributed by atoms with E-state index < -0.39 is 5.79 Å². The van der Waals surface area contributed by atoms with E-state index in [4.69, 9.17) is 4.74 Å². The van der Waals surface area contributed by atoms with E-state index >= 15 is 0 Å². The molecule has 0 amide bonds. The fraction of sp³-hybridized carbons (Fsp3) is 0.348. The Morgan fingerprint density at radius 1 is 0.885 bits per heavy atom. The van der Waals surface area contributed by atoms with Crippen molar-refractivity contribution in [1.82, 2.24) is 4.98 Å². The summed E-state index contributed by atoms with van der Waals surface area (Å²) in [6.45, 7) is 0.298. The number of nitrogens with zero attached hydrogens (tertiary/aromatic N) is 1. The summed E-state index contributed by atoms with van der Waals surface area (Å²) >= 11 is 0. The van der Waals surface area contributed by atoms with Gasteiger partial charge in [-0.3, -0.25) is 4.98 Å². The van der Waals surface area contributed by atoms with Gasteiger partial charge >= 0.3 is 0 Å². The van der Waals surface area contributed by atoms with Gasteiger partial charge in [-0.15, -0.1) is 0 Å². The maximum Gasteiger partial charge on any atom is 0.195 e. The molecule has 4 rings (SSSR count). The highest BCUT2D eigenvalue weighted by atomic mass is 16.6. The van der Waals surface area contributed by atoms with Crippen LogP contribution in [0.25, 0.3) is 10.9 Å². The van der Waals surface area contributed by atoms with Crippen LogP contribution < -0.4 is 0 Å². The zero-order valence-electron chi connectivity index (χ0n) is 15.0. The highest BCUT2D eigenvalue weighted by Gasteiger charge is 2.40. The van der Waals surface area contributed by atoms with Crippen LogP contribution in [0, 0.1) is 5.92 Å². The second-order valence-corrected chi connectivity index (χ2v) is 7.18. The highest BCUT2D eigenvalue weighted by Crippen LogP contribution is 2.40. The standard InChI is InChI=1S/C23H25NO2/c25-23(19-10-3-1-4-11-19,20-12-5-2-6-13-20)26-17-21-16-15-18-9-7-8-14-22(18)24-21/h1,3-4,7-11,14-16,20,25H,2,5-6,12-13,17H2. The molecule has 1 fully saturated rings. The molecule has 1 heterocycles. The molecular weight excluding hydrogens is 322 g/mol. The van der Waals surface area contributed by atoms with E-state index in [1.54, 1.807) is 0 Å². The molecule has 0 saturated heterocycles. The molecule has 3 heteroatoms. The molecule has 1 aromatic heterocycles. The molecule has 1 unspecified atom stereocenters. The van der Waals surface area contributed by atoms with E-state index in [9.17, 15) is 5.11 Å². The summed E-state index contributed by atoms with van der Waals surface area (Å²) < 4.78 is 6.18. The Morgan fingerprint density at radius 2 is 1.62 bits per heavy atom. The molecule has 3 aromatic rings. The molecule has 1 N–H and O–H groups in total. The zero-order valence-corrected chi connectivity index (χ0v) is 15.0. The van der Waals surface area contributed by atoms with Crippen molar-refractivity contribution in [2.45, 2.75) is 44.5 Å². The minimum Gasteiger partial charge on any atom is -0.362 e. The van der Waals surface area contributed by atoms with Crippen molar-refractivity contribution in [2.24, 2.45) is 5.92 Å². The molecule has 3 nitrogen and oxygen atoms in total. The number of hydrogen-bond acceptors (Lipinski definition) is 3. The number of para-hydroxylation sites is 1. The Morgan fingerprint density at radius 3 is 2.42 bits per heavy atom. The molecule has 1 aliphatic carbocycles. The molecule has 1 aliphatic rings. The summed E-state index contributed by atoms with van der Waals surface area (Å²) in [6.07, 6.45) is 5.54. The molecule has 134 valence electrons. The molecule has 1 atom stereocenters. The van der Waals surface area contributed by atoms with E-state index in [0.717, 1.165) is 47.8 Å². The van der Waals surface area contributed by atoms with Gasteiger partial charge in [0.15, 0.2) is 5.79 Å². The van der Waals surface area contributed by atoms with Gasteiger partial charge in [0.2, 0.25) is 0 Å². The molecule has 2 aromatic carbocycles. The summed E-state index contributed by atoms with van der Waals surface area (Å²) in [6, 6.07) is 21.9. The lowest BCUT2D eigenvalue weighted by Crippen LogP contribution is -2.39. The fourth-order valence-electron chi connectivity index (χ4n) is 3.98. The lowest BCUT2D eigenvalue weighted by molar-refractivity contribution is -0.260. The summed E-state index contributed by atoms with van der Waals surface area (Å²) in [5.41, 5.74) is 2.64. The van der Waals surface area contributed by atoms with Crippen molar-refractivity contribution in [3.05, 3.63) is 78.0 Å². The monoisotopic (exact) mass is 347 g/mol. The van der Waals surface area contributed by atoms with Gasteiger partial charge in [0.1, 0.15) is 0 Å². The third-order valence-corrected chi connectivity index (χ3v) is 5.44. The van der Waals surface area contributed by atoms with Gasteiger partial charge in [-0.25, -0.2) is 0 Å². The lowest BCUT2D eigenvalue weighted by atomic mass is 9.80. The number of benzene rings is 2. The Hall–Kier alpha value is -2.23. The van der Waals surface area contributed by atoms with Crippen LogP contribution in [0.3, 0.4) is 0 Å². The van der Waals surface area contributed by atoms with Gasteiger partial charge in [0, 0.05) is 16.9 Å². The molecule has 0 radical (unpaired) electrons. The van der Waals surface area contributed by atoms with Gasteiger partial charge < -0.3 is 9.84 Å². The molecule has 0 aliphatic heterocycles. The Kier molecular flexibility index (Phi) is 5.00. The van der Waals surface area contributed by atoms with Gasteiger partial charge in [-0.05, 0) is 25.0 Å². The van der Waals surface area contributed by atoms with E-state index in [1.165, 1.54) is 6.42 Å². The second kappa shape index (κ2) is 7.56. The Balaban J connectivity index is 1.59. The summed E-state index contributed by atoms with van der Waals surface area (Å²) in [4.78, 5) is 4.68. The molecule has 0 spiro atoms. The van der Waals surface area contributed by atoms with Crippen molar-refractivity contribution in [1.29, 1.82) is 0 Å². The predicted octanol–water partition coefficient (Wildman–Crippen LogP) is 5.18. The number of aliphatic hydroxyl groups is 1. The minimum atomic E-state index is -1.25. The topological polar surface area (TPSA) is 42.4 Å². The van der Waals surface area contributed by atoms with Crippen LogP contribution >= 0.6 is 0 Å². The number of hydrogen-bond donors (Lipinski definition) is 1. The molecular formula is C23H25NO2. The maximum atomic E-state index is 11.5. The molecule has 1 saturated carbocycles. The van der Waals surface area contributed by atoms with Gasteiger partial charge in [-0.1, -0.05) is 73.9 Å². The first-order valence-electron chi connectivity index (χ1n) is 9.52. The van der Waals surface area contributed by atoms with Gasteiger partial charge in [-0.2, -0.15) is 0 Å². The Labute approximate surface area is 154 Å². The highest BCUT2D eigenvalue weighted by molar-refractivity contribution is 5.78. The van der Waals surface area contributed by atoms with Crippen molar-refractivity contribution < 1.29 is 9.84 Å². The number of ether oxygens (including phenoxy) is 1. The maximum absolute atomic E-state index is 11.5. The second-order valence-electron chi connectivity index (χ2n) is 7.18. The van der Waals surface area contributed by atoms with Crippen LogP contribution in [0.5, 0.6) is 0 Å². The predicted molar refractivity (Wildman–Crippen MR) is 103 cm³/mol. The first kappa shape index (κ1) is 17.2. The normalized spacial score (nSPS) is 17.9. The molecule has 0 bridgehead atoms. The van der Waals surface area contributed by atoms with E-state index in [-0.39, 0.29) is 5.92 Å². The summed E-state index contributed by atoms with van der Waals surface area (Å²) in [5, 5.41) is 12.6. The lowest BCUT2D eigenvalue weighted by Gasteiger charge is -2.38. The first-order valence-corrected chi connectivity index (χ1v) is 9.52. The average Bonchev–Trinajstić information content (AvgIpc) is 2.73. The quantitative estimate of drug-likeness (QED) is 0.647. The van der Waals surface area contributed by atoms with E-state index in [1.807, 2.05) is 54.6 Å². The van der Waals surface area contributed by atoms with Crippen molar-refractivity contribution in [3.8, 4) is 0 Å². The van der Waals surface area contributed by atoms with Crippen LogP contribution in [-0.4, -0.2) is 10.1 Å². The number of rotatable bonds is 5. The third kappa shape index (κ3) is 3.50. The van der Waals surface area contributed by atoms with Crippen molar-refractivity contribution in [3.63, 3.8) is 0 Å². The van der Waals surface area contributed by atoms with Crippen molar-refractivity contribution in [2.75, 3.05) is 0 Å². The van der Waals surface area contributed by atoms with Crippen LogP contribution in [0.15, 0.2) is 66.7 Å². The third-order valence-electron chi connectivity index (χ3n) is 5.44. The van der Waals surface area contributed by atoms with E-state index in [2.05, 4.69) is 17.1 Å². The van der Waals surface area contributed by atoms with Crippen molar-refractivity contribution >= 4 is 10.9 Å². The largest absolute Gasteiger partial charge is 0.362 e. The molecule has 26 heavy (non-hydrogen) atoms. The smallest absolute Gasteiger partial charge is 0.195 e. The number of pyridine rings is 1. The van der Waals surface area contributed by atoms with Gasteiger partial charge in [0.05, 0.1) is 17.8 Å². The SMILES string of the molecule is OC(OCc1ccc2ccccc2n1)(c1ccccc1)C1CCCCC1.